The molecule has 1 atom stereocenters. The number of para-hydroxylation sites is 1. The zero-order valence-electron chi connectivity index (χ0n) is 10.9. The molecule has 2 heterocycles. The monoisotopic (exact) mass is 283 g/mol. The average Bonchev–Trinajstić information content (AvgIpc) is 3.02. The molecule has 4 rings (SSSR count). The van der Waals surface area contributed by atoms with Crippen LogP contribution in [0.15, 0.2) is 54.7 Å². The molecule has 1 aliphatic rings. The lowest BCUT2D eigenvalue weighted by Crippen LogP contribution is -2.20. The summed E-state index contributed by atoms with van der Waals surface area (Å²) < 4.78 is 8.24. The summed E-state index contributed by atoms with van der Waals surface area (Å²) in [6.45, 7) is 0.861. The van der Waals surface area contributed by atoms with Crippen molar-refractivity contribution in [3.63, 3.8) is 0 Å². The van der Waals surface area contributed by atoms with E-state index in [1.54, 1.807) is 0 Å². The molecule has 0 fully saturated rings. The zero-order chi connectivity index (χ0) is 13.5. The van der Waals surface area contributed by atoms with E-state index in [0.717, 1.165) is 23.7 Å². The van der Waals surface area contributed by atoms with Crippen molar-refractivity contribution in [2.75, 3.05) is 0 Å². The topological polar surface area (TPSA) is 14.2 Å². The largest absolute Gasteiger partial charge is 0.488 e. The minimum atomic E-state index is 0.207. The van der Waals surface area contributed by atoms with Gasteiger partial charge in [-0.3, -0.25) is 0 Å². The maximum absolute atomic E-state index is 6.03. The first kappa shape index (κ1) is 11.9. The Morgan fingerprint density at radius 2 is 2.05 bits per heavy atom. The molecule has 0 aliphatic carbocycles. The van der Waals surface area contributed by atoms with E-state index >= 15 is 0 Å². The smallest absolute Gasteiger partial charge is 0.123 e. The van der Waals surface area contributed by atoms with Gasteiger partial charge in [-0.05, 0) is 35.9 Å². The Morgan fingerprint density at radius 3 is 2.95 bits per heavy atom. The number of hydrogen-bond acceptors (Lipinski definition) is 1. The summed E-state index contributed by atoms with van der Waals surface area (Å²) in [5.74, 6) is 1.03. The molecular formula is C17H14ClNO. The van der Waals surface area contributed by atoms with Gasteiger partial charge in [-0.1, -0.05) is 29.8 Å². The highest BCUT2D eigenvalue weighted by atomic mass is 35.5. The van der Waals surface area contributed by atoms with Gasteiger partial charge in [0, 0.05) is 28.5 Å². The predicted octanol–water partition coefficient (Wildman–Crippen LogP) is 4.30. The summed E-state index contributed by atoms with van der Waals surface area (Å²) in [6, 6.07) is 16.4. The second-order valence-electron chi connectivity index (χ2n) is 5.22. The van der Waals surface area contributed by atoms with Crippen LogP contribution >= 0.6 is 11.6 Å². The molecule has 1 aliphatic heterocycles. The fraction of sp³-hybridized carbons (Fsp3) is 0.176. The number of ether oxygens (including phenoxy) is 1. The molecule has 0 bridgehead atoms. The average molecular weight is 284 g/mol. The Kier molecular flexibility index (Phi) is 2.71. The zero-order valence-corrected chi connectivity index (χ0v) is 11.7. The van der Waals surface area contributed by atoms with Gasteiger partial charge >= 0.3 is 0 Å². The van der Waals surface area contributed by atoms with Crippen LogP contribution in [0.4, 0.5) is 0 Å². The second-order valence-corrected chi connectivity index (χ2v) is 5.66. The fourth-order valence-corrected chi connectivity index (χ4v) is 3.09. The summed E-state index contributed by atoms with van der Waals surface area (Å²) in [5, 5.41) is 1.95. The van der Waals surface area contributed by atoms with Crippen molar-refractivity contribution < 1.29 is 4.74 Å². The van der Waals surface area contributed by atoms with Gasteiger partial charge in [0.15, 0.2) is 0 Å². The van der Waals surface area contributed by atoms with Gasteiger partial charge in [-0.15, -0.1) is 0 Å². The van der Waals surface area contributed by atoms with E-state index in [-0.39, 0.29) is 6.10 Å². The fourth-order valence-electron chi connectivity index (χ4n) is 2.91. The van der Waals surface area contributed by atoms with Crippen LogP contribution in [0.25, 0.3) is 10.9 Å². The molecular weight excluding hydrogens is 270 g/mol. The number of rotatable bonds is 2. The number of halogens is 1. The molecule has 1 aromatic heterocycles. The Balaban J connectivity index is 1.60. The lowest BCUT2D eigenvalue weighted by atomic mass is 10.1. The van der Waals surface area contributed by atoms with Crippen molar-refractivity contribution in [2.24, 2.45) is 0 Å². The van der Waals surface area contributed by atoms with Crippen LogP contribution < -0.4 is 4.74 Å². The van der Waals surface area contributed by atoms with Crippen molar-refractivity contribution in [1.82, 2.24) is 4.57 Å². The highest BCUT2D eigenvalue weighted by molar-refractivity contribution is 6.31. The Labute approximate surface area is 122 Å². The van der Waals surface area contributed by atoms with Crippen LogP contribution in [0.1, 0.15) is 5.56 Å². The minimum absolute atomic E-state index is 0.207. The molecule has 2 nitrogen and oxygen atoms in total. The molecule has 100 valence electrons. The number of nitrogens with zero attached hydrogens (tertiary/aromatic N) is 1. The van der Waals surface area contributed by atoms with Gasteiger partial charge < -0.3 is 9.30 Å². The highest BCUT2D eigenvalue weighted by Crippen LogP contribution is 2.29. The molecule has 20 heavy (non-hydrogen) atoms. The second kappa shape index (κ2) is 4.57. The first-order chi connectivity index (χ1) is 9.79. The first-order valence-electron chi connectivity index (χ1n) is 6.78. The molecule has 0 saturated carbocycles. The van der Waals surface area contributed by atoms with Gasteiger partial charge in [0.2, 0.25) is 0 Å². The molecule has 2 aromatic carbocycles. The number of hydrogen-bond donors (Lipinski definition) is 0. The lowest BCUT2D eigenvalue weighted by Gasteiger charge is -2.12. The SMILES string of the molecule is Clc1ccc2c(ccn2CC2Cc3ccccc3O2)c1. The number of aromatic nitrogens is 1. The maximum atomic E-state index is 6.03. The van der Waals surface area contributed by atoms with Gasteiger partial charge in [-0.2, -0.15) is 0 Å². The minimum Gasteiger partial charge on any atom is -0.488 e. The van der Waals surface area contributed by atoms with Crippen LogP contribution in [-0.2, 0) is 13.0 Å². The van der Waals surface area contributed by atoms with Crippen LogP contribution in [-0.4, -0.2) is 10.7 Å². The van der Waals surface area contributed by atoms with E-state index < -0.39 is 0 Å². The van der Waals surface area contributed by atoms with Crippen molar-refractivity contribution in [3.05, 3.63) is 65.3 Å². The number of benzene rings is 2. The summed E-state index contributed by atoms with van der Waals surface area (Å²) in [7, 11) is 0. The number of fused-ring (bicyclic) bond motifs is 2. The first-order valence-corrected chi connectivity index (χ1v) is 7.16. The van der Waals surface area contributed by atoms with E-state index in [2.05, 4.69) is 35.0 Å². The molecule has 3 aromatic rings. The molecule has 0 N–H and O–H groups in total. The van der Waals surface area contributed by atoms with E-state index in [1.807, 2.05) is 24.3 Å². The summed E-state index contributed by atoms with van der Waals surface area (Å²) in [4.78, 5) is 0. The summed E-state index contributed by atoms with van der Waals surface area (Å²) in [5.41, 5.74) is 2.51. The van der Waals surface area contributed by atoms with Gasteiger partial charge in [0.25, 0.3) is 0 Å². The normalized spacial score (nSPS) is 17.1. The van der Waals surface area contributed by atoms with Gasteiger partial charge in [0.1, 0.15) is 11.9 Å². The van der Waals surface area contributed by atoms with Crippen molar-refractivity contribution in [3.8, 4) is 5.75 Å². The van der Waals surface area contributed by atoms with E-state index in [1.165, 1.54) is 16.5 Å². The standard InChI is InChI=1S/C17H14ClNO/c18-14-5-6-16-12(9-14)7-8-19(16)11-15-10-13-3-1-2-4-17(13)20-15/h1-9,15H,10-11H2. The van der Waals surface area contributed by atoms with Gasteiger partial charge in [0.05, 0.1) is 6.54 Å². The molecule has 1 unspecified atom stereocenters. The van der Waals surface area contributed by atoms with Crippen LogP contribution in [0.3, 0.4) is 0 Å². The van der Waals surface area contributed by atoms with Gasteiger partial charge in [-0.25, -0.2) is 0 Å². The third kappa shape index (κ3) is 1.97. The third-order valence-corrected chi connectivity index (χ3v) is 4.08. The Morgan fingerprint density at radius 1 is 1.15 bits per heavy atom. The van der Waals surface area contributed by atoms with Crippen LogP contribution in [0.5, 0.6) is 5.75 Å². The van der Waals surface area contributed by atoms with E-state index in [0.29, 0.717) is 0 Å². The van der Waals surface area contributed by atoms with Crippen molar-refractivity contribution in [2.45, 2.75) is 19.1 Å². The predicted molar refractivity (Wildman–Crippen MR) is 81.5 cm³/mol. The quantitative estimate of drug-likeness (QED) is 0.684. The molecule has 0 spiro atoms. The van der Waals surface area contributed by atoms with E-state index in [9.17, 15) is 0 Å². The maximum Gasteiger partial charge on any atom is 0.123 e. The highest BCUT2D eigenvalue weighted by Gasteiger charge is 2.22. The summed E-state index contributed by atoms with van der Waals surface area (Å²) in [6.07, 6.45) is 3.29. The lowest BCUT2D eigenvalue weighted by molar-refractivity contribution is 0.211. The third-order valence-electron chi connectivity index (χ3n) is 3.85. The molecule has 0 amide bonds. The Hall–Kier alpha value is -1.93. The molecule has 3 heteroatoms. The van der Waals surface area contributed by atoms with Crippen LogP contribution in [0.2, 0.25) is 5.02 Å². The van der Waals surface area contributed by atoms with Crippen LogP contribution in [0, 0.1) is 0 Å². The summed E-state index contributed by atoms with van der Waals surface area (Å²) >= 11 is 6.03. The van der Waals surface area contributed by atoms with E-state index in [4.69, 9.17) is 16.3 Å². The van der Waals surface area contributed by atoms with Crippen molar-refractivity contribution >= 4 is 22.5 Å². The molecule has 0 saturated heterocycles. The Bertz CT molecular complexity index is 753. The van der Waals surface area contributed by atoms with Crippen molar-refractivity contribution in [1.29, 1.82) is 0 Å². The molecule has 0 radical (unpaired) electrons.